The number of ether oxygens (including phenoxy) is 2. The molecule has 0 spiro atoms. The van der Waals surface area contributed by atoms with Crippen LogP contribution in [0.4, 0.5) is 0 Å². The third kappa shape index (κ3) is 5.39. The van der Waals surface area contributed by atoms with Crippen molar-refractivity contribution in [2.75, 3.05) is 6.61 Å². The van der Waals surface area contributed by atoms with Crippen molar-refractivity contribution in [1.29, 1.82) is 0 Å². The number of hydrogen-bond donors (Lipinski definition) is 7. The van der Waals surface area contributed by atoms with Gasteiger partial charge in [-0.15, -0.1) is 0 Å². The van der Waals surface area contributed by atoms with Gasteiger partial charge in [0.1, 0.15) is 24.4 Å². The molecule has 12 unspecified atom stereocenters. The molecule has 0 radical (unpaired) electrons. The van der Waals surface area contributed by atoms with Crippen molar-refractivity contribution in [2.45, 2.75) is 161 Å². The molecule has 45 heavy (non-hydrogen) atoms. The topological polar surface area (TPSA) is 160 Å². The van der Waals surface area contributed by atoms with E-state index in [-0.39, 0.29) is 39.9 Å². The van der Waals surface area contributed by atoms with Crippen LogP contribution >= 0.6 is 0 Å². The van der Waals surface area contributed by atoms with Gasteiger partial charge < -0.3 is 45.2 Å². The van der Waals surface area contributed by atoms with Crippen LogP contribution in [0.5, 0.6) is 0 Å². The van der Waals surface area contributed by atoms with Crippen LogP contribution in [-0.4, -0.2) is 97.0 Å². The van der Waals surface area contributed by atoms with Crippen LogP contribution in [0.25, 0.3) is 0 Å². The Balaban J connectivity index is 1.51. The van der Waals surface area contributed by atoms with Crippen LogP contribution < -0.4 is 0 Å². The molecule has 5 fully saturated rings. The molecular formula is C36H62O9. The van der Waals surface area contributed by atoms with E-state index in [9.17, 15) is 35.7 Å². The first kappa shape index (κ1) is 35.7. The summed E-state index contributed by atoms with van der Waals surface area (Å²) in [4.78, 5) is 0. The Kier molecular flexibility index (Phi) is 9.56. The second-order valence-electron chi connectivity index (χ2n) is 17.4. The van der Waals surface area contributed by atoms with Gasteiger partial charge in [-0.3, -0.25) is 0 Å². The Morgan fingerprint density at radius 3 is 2.18 bits per heavy atom. The average Bonchev–Trinajstić information content (AvgIpc) is 3.33. The normalized spacial score (nSPS) is 52.2. The summed E-state index contributed by atoms with van der Waals surface area (Å²) in [6.45, 7) is 16.7. The minimum Gasteiger partial charge on any atom is -0.394 e. The molecule has 16 atom stereocenters. The lowest BCUT2D eigenvalue weighted by Crippen LogP contribution is -2.70. The van der Waals surface area contributed by atoms with Gasteiger partial charge >= 0.3 is 0 Å². The van der Waals surface area contributed by atoms with Crippen LogP contribution in [0.15, 0.2) is 11.6 Å². The average molecular weight is 639 g/mol. The zero-order valence-corrected chi connectivity index (χ0v) is 28.8. The molecule has 0 aromatic heterocycles. The highest BCUT2D eigenvalue weighted by atomic mass is 16.7. The maximum Gasteiger partial charge on any atom is 0.187 e. The summed E-state index contributed by atoms with van der Waals surface area (Å²) in [6, 6.07) is 0. The van der Waals surface area contributed by atoms with Crippen molar-refractivity contribution in [1.82, 2.24) is 0 Å². The second kappa shape index (κ2) is 12.1. The first-order valence-electron chi connectivity index (χ1n) is 17.4. The van der Waals surface area contributed by atoms with Gasteiger partial charge in [0.2, 0.25) is 0 Å². The fourth-order valence-corrected chi connectivity index (χ4v) is 12.0. The minimum absolute atomic E-state index is 0.0692. The first-order chi connectivity index (χ1) is 20.8. The van der Waals surface area contributed by atoms with Crippen molar-refractivity contribution in [3.8, 4) is 0 Å². The highest BCUT2D eigenvalue weighted by molar-refractivity contribution is 5.21. The zero-order valence-electron chi connectivity index (χ0n) is 28.8. The summed E-state index contributed by atoms with van der Waals surface area (Å²) in [5, 5.41) is 76.9. The Labute approximate surface area is 270 Å². The van der Waals surface area contributed by atoms with Crippen molar-refractivity contribution in [3.05, 3.63) is 11.6 Å². The third-order valence-electron chi connectivity index (χ3n) is 14.5. The van der Waals surface area contributed by atoms with Gasteiger partial charge in [-0.25, -0.2) is 0 Å². The number of allylic oxidation sites excluding steroid dienone is 2. The molecule has 9 nitrogen and oxygen atoms in total. The molecular weight excluding hydrogens is 576 g/mol. The van der Waals surface area contributed by atoms with Gasteiger partial charge in [0.25, 0.3) is 0 Å². The lowest BCUT2D eigenvalue weighted by atomic mass is 9.34. The smallest absolute Gasteiger partial charge is 0.187 e. The lowest BCUT2D eigenvalue weighted by Gasteiger charge is -2.71. The largest absolute Gasteiger partial charge is 0.394 e. The predicted molar refractivity (Wildman–Crippen MR) is 170 cm³/mol. The highest BCUT2D eigenvalue weighted by Crippen LogP contribution is 2.76. The zero-order chi connectivity index (χ0) is 33.5. The van der Waals surface area contributed by atoms with Crippen molar-refractivity contribution in [3.63, 3.8) is 0 Å². The fourth-order valence-electron chi connectivity index (χ4n) is 12.0. The SMILES string of the molecule is CC(C)=CCC[C@](C)(OC1OC(CO)C(O)C(O)C1O)C1CC[C@]2(C)C1C(O)CC1[C@@]3(C)CCC(O)C(C)(C)C3C(O)C[C@]12C. The van der Waals surface area contributed by atoms with Crippen LogP contribution in [0.1, 0.15) is 107 Å². The quantitative estimate of drug-likeness (QED) is 0.208. The minimum atomic E-state index is -1.53. The summed E-state index contributed by atoms with van der Waals surface area (Å²) in [6.07, 6.45) is -0.678. The van der Waals surface area contributed by atoms with E-state index in [1.165, 1.54) is 5.57 Å². The maximum absolute atomic E-state index is 12.2. The first-order valence-corrected chi connectivity index (χ1v) is 17.4. The molecule has 0 aromatic rings. The molecule has 1 saturated heterocycles. The molecule has 7 N–H and O–H groups in total. The summed E-state index contributed by atoms with van der Waals surface area (Å²) in [7, 11) is 0. The molecule has 0 amide bonds. The van der Waals surface area contributed by atoms with Gasteiger partial charge in [-0.05, 0) is 117 Å². The number of aliphatic hydroxyl groups is 7. The summed E-state index contributed by atoms with van der Waals surface area (Å²) >= 11 is 0. The van der Waals surface area contributed by atoms with Gasteiger partial charge in [0, 0.05) is 0 Å². The Morgan fingerprint density at radius 2 is 1.56 bits per heavy atom. The highest BCUT2D eigenvalue weighted by Gasteiger charge is 2.73. The molecule has 1 heterocycles. The van der Waals surface area contributed by atoms with Gasteiger partial charge in [0.15, 0.2) is 6.29 Å². The number of hydrogen-bond acceptors (Lipinski definition) is 9. The van der Waals surface area contributed by atoms with Gasteiger partial charge in [0.05, 0.1) is 30.5 Å². The standard InChI is InChI=1S/C36H62O9/c1-19(2)10-9-13-36(8,45-31-29(43)28(42)27(41)23(18-37)44-31)20-11-15-34(6)26(20)21(38)16-24-33(5)14-12-25(40)32(3,4)30(33)22(39)17-35(24,34)7/h10,20-31,37-43H,9,11-18H2,1-8H3/t20?,21?,22?,23?,24?,25?,26?,27?,28?,29?,30?,31?,33-,34-,35-,36+/m1/s1. The van der Waals surface area contributed by atoms with E-state index in [0.29, 0.717) is 32.1 Å². The van der Waals surface area contributed by atoms with Gasteiger partial charge in [-0.1, -0.05) is 46.3 Å². The fraction of sp³-hybridized carbons (Fsp3) is 0.944. The second-order valence-corrected chi connectivity index (χ2v) is 17.4. The van der Waals surface area contributed by atoms with E-state index in [2.05, 4.69) is 40.7 Å². The molecule has 1 aliphatic heterocycles. The Hall–Kier alpha value is -0.620. The third-order valence-corrected chi connectivity index (χ3v) is 14.5. The van der Waals surface area contributed by atoms with E-state index < -0.39 is 66.6 Å². The monoisotopic (exact) mass is 638 g/mol. The van der Waals surface area contributed by atoms with E-state index >= 15 is 0 Å². The van der Waals surface area contributed by atoms with E-state index in [4.69, 9.17) is 9.47 Å². The molecule has 5 aliphatic rings. The Morgan fingerprint density at radius 1 is 0.889 bits per heavy atom. The number of fused-ring (bicyclic) bond motifs is 5. The van der Waals surface area contributed by atoms with Gasteiger partial charge in [-0.2, -0.15) is 0 Å². The van der Waals surface area contributed by atoms with Crippen molar-refractivity contribution >= 4 is 0 Å². The maximum atomic E-state index is 12.2. The van der Waals surface area contributed by atoms with Crippen LogP contribution in [0.3, 0.4) is 0 Å². The predicted octanol–water partition coefficient (Wildman–Crippen LogP) is 3.30. The number of rotatable bonds is 7. The Bertz CT molecular complexity index is 1110. The number of aliphatic hydroxyl groups excluding tert-OH is 7. The summed E-state index contributed by atoms with van der Waals surface area (Å²) in [5.74, 6) is -0.154. The van der Waals surface area contributed by atoms with Crippen molar-refractivity contribution < 1.29 is 45.2 Å². The summed E-state index contributed by atoms with van der Waals surface area (Å²) in [5.41, 5.74) is -0.944. The molecule has 0 bridgehead atoms. The van der Waals surface area contributed by atoms with E-state index in [1.54, 1.807) is 0 Å². The molecule has 9 heteroatoms. The summed E-state index contributed by atoms with van der Waals surface area (Å²) < 4.78 is 12.6. The molecule has 4 saturated carbocycles. The van der Waals surface area contributed by atoms with Crippen LogP contribution in [-0.2, 0) is 9.47 Å². The molecule has 5 rings (SSSR count). The molecule has 0 aromatic carbocycles. The van der Waals surface area contributed by atoms with Crippen LogP contribution in [0, 0.1) is 45.3 Å². The van der Waals surface area contributed by atoms with E-state index in [0.717, 1.165) is 19.3 Å². The molecule has 260 valence electrons. The van der Waals surface area contributed by atoms with Crippen molar-refractivity contribution in [2.24, 2.45) is 45.3 Å². The van der Waals surface area contributed by atoms with Crippen LogP contribution in [0.2, 0.25) is 0 Å². The van der Waals surface area contributed by atoms with E-state index in [1.807, 2.05) is 20.8 Å². The molecule has 4 aliphatic carbocycles. The lowest BCUT2D eigenvalue weighted by molar-refractivity contribution is -0.336.